The van der Waals surface area contributed by atoms with Crippen molar-refractivity contribution in [1.29, 1.82) is 0 Å². The van der Waals surface area contributed by atoms with Gasteiger partial charge in [-0.3, -0.25) is 10.1 Å². The Bertz CT molecular complexity index is 1260. The molecule has 0 saturated carbocycles. The van der Waals surface area contributed by atoms with Gasteiger partial charge in [0.25, 0.3) is 5.91 Å². The van der Waals surface area contributed by atoms with Gasteiger partial charge in [0, 0.05) is 18.9 Å². The van der Waals surface area contributed by atoms with Gasteiger partial charge in [-0.15, -0.1) is 0 Å². The molecule has 2 aromatic carbocycles. The highest BCUT2D eigenvalue weighted by molar-refractivity contribution is 5.96. The average Bonchev–Trinajstić information content (AvgIpc) is 3.41. The van der Waals surface area contributed by atoms with Crippen LogP contribution in [-0.2, 0) is 9.53 Å². The number of aliphatic carboxylic acids is 1. The number of likely N-dealkylation sites (tertiary alicyclic amines) is 1. The average molecular weight is 473 g/mol. The Balaban J connectivity index is 1.26. The third kappa shape index (κ3) is 4.33. The van der Waals surface area contributed by atoms with E-state index in [1.807, 2.05) is 36.4 Å². The molecule has 1 aromatic heterocycles. The van der Waals surface area contributed by atoms with Gasteiger partial charge in [-0.1, -0.05) is 54.6 Å². The second-order valence-electron chi connectivity index (χ2n) is 8.56. The van der Waals surface area contributed by atoms with Crippen LogP contribution in [0.3, 0.4) is 0 Å². The van der Waals surface area contributed by atoms with Crippen molar-refractivity contribution in [2.45, 2.75) is 24.5 Å². The van der Waals surface area contributed by atoms with E-state index in [1.165, 1.54) is 18.2 Å². The Morgan fingerprint density at radius 3 is 2.29 bits per heavy atom. The summed E-state index contributed by atoms with van der Waals surface area (Å²) in [4.78, 5) is 42.0. The molecule has 178 valence electrons. The third-order valence-electron chi connectivity index (χ3n) is 6.37. The number of ether oxygens (including phenoxy) is 1. The molecule has 5 rings (SSSR count). The quantitative estimate of drug-likeness (QED) is 0.519. The zero-order valence-electron chi connectivity index (χ0n) is 18.6. The van der Waals surface area contributed by atoms with Crippen LogP contribution in [0.2, 0.25) is 0 Å². The number of amides is 2. The number of β-amino-alcohol motifs (C(OH)–C–C–N with tert-alkyl or cyclic N) is 1. The molecule has 1 fully saturated rings. The van der Waals surface area contributed by atoms with E-state index in [1.54, 1.807) is 0 Å². The summed E-state index contributed by atoms with van der Waals surface area (Å²) >= 11 is 0. The summed E-state index contributed by atoms with van der Waals surface area (Å²) in [6.07, 6.45) is -1.68. The standard InChI is InChI=1S/C26H23N3O6/c30-15-12-22(25(32)33)29(13-15)24(31)21-10-5-11-23(27-21)28-26(34)35-14-20-18-8-3-1-6-16(18)17-7-2-4-9-19(17)20/h1-11,15,20,22,30H,12-14H2,(H,32,33)(H,27,28,34)/t15?,22-/m0/s1. The van der Waals surface area contributed by atoms with Gasteiger partial charge in [-0.05, 0) is 34.4 Å². The van der Waals surface area contributed by atoms with E-state index in [-0.39, 0.29) is 37.0 Å². The van der Waals surface area contributed by atoms with E-state index >= 15 is 0 Å². The van der Waals surface area contributed by atoms with Crippen LogP contribution >= 0.6 is 0 Å². The van der Waals surface area contributed by atoms with Crippen molar-refractivity contribution in [2.75, 3.05) is 18.5 Å². The second kappa shape index (κ2) is 9.19. The number of aromatic nitrogens is 1. The van der Waals surface area contributed by atoms with Crippen LogP contribution < -0.4 is 5.32 Å². The predicted molar refractivity (Wildman–Crippen MR) is 126 cm³/mol. The molecule has 35 heavy (non-hydrogen) atoms. The molecule has 0 bridgehead atoms. The first kappa shape index (κ1) is 22.5. The van der Waals surface area contributed by atoms with Crippen molar-refractivity contribution in [3.8, 4) is 11.1 Å². The van der Waals surface area contributed by atoms with E-state index in [0.29, 0.717) is 0 Å². The molecule has 9 heteroatoms. The number of hydrogen-bond acceptors (Lipinski definition) is 6. The fourth-order valence-corrected chi connectivity index (χ4v) is 4.78. The Labute approximate surface area is 201 Å². The summed E-state index contributed by atoms with van der Waals surface area (Å²) in [6.45, 7) is 0.0337. The van der Waals surface area contributed by atoms with E-state index < -0.39 is 30.1 Å². The van der Waals surface area contributed by atoms with Crippen molar-refractivity contribution in [1.82, 2.24) is 9.88 Å². The van der Waals surface area contributed by atoms with Crippen LogP contribution in [-0.4, -0.2) is 63.4 Å². The number of carbonyl (C=O) groups is 3. The van der Waals surface area contributed by atoms with Gasteiger partial charge in [0.05, 0.1) is 6.10 Å². The number of hydrogen-bond donors (Lipinski definition) is 3. The topological polar surface area (TPSA) is 129 Å². The van der Waals surface area contributed by atoms with Crippen LogP contribution in [0.15, 0.2) is 66.7 Å². The van der Waals surface area contributed by atoms with Crippen LogP contribution in [0.25, 0.3) is 11.1 Å². The van der Waals surface area contributed by atoms with Gasteiger partial charge in [0.2, 0.25) is 0 Å². The Hall–Kier alpha value is -4.24. The summed E-state index contributed by atoms with van der Waals surface area (Å²) < 4.78 is 5.51. The number of carboxylic acids is 1. The minimum atomic E-state index is -1.19. The fourth-order valence-electron chi connectivity index (χ4n) is 4.78. The smallest absolute Gasteiger partial charge is 0.412 e. The summed E-state index contributed by atoms with van der Waals surface area (Å²) in [6, 6.07) is 19.4. The Morgan fingerprint density at radius 2 is 1.63 bits per heavy atom. The maximum Gasteiger partial charge on any atom is 0.412 e. The van der Waals surface area contributed by atoms with Crippen LogP contribution in [0.5, 0.6) is 0 Å². The maximum absolute atomic E-state index is 12.8. The number of carboxylic acid groups (broad SMARTS) is 1. The lowest BCUT2D eigenvalue weighted by atomic mass is 9.98. The molecule has 1 aliphatic heterocycles. The number of rotatable bonds is 5. The van der Waals surface area contributed by atoms with Crippen molar-refractivity contribution >= 4 is 23.8 Å². The number of pyridine rings is 1. The lowest BCUT2D eigenvalue weighted by Gasteiger charge is -2.20. The lowest BCUT2D eigenvalue weighted by molar-refractivity contribution is -0.141. The molecule has 2 heterocycles. The van der Waals surface area contributed by atoms with Crippen LogP contribution in [0.4, 0.5) is 10.6 Å². The molecule has 1 saturated heterocycles. The second-order valence-corrected chi connectivity index (χ2v) is 8.56. The zero-order valence-corrected chi connectivity index (χ0v) is 18.6. The minimum Gasteiger partial charge on any atom is -0.480 e. The molecule has 2 amide bonds. The highest BCUT2D eigenvalue weighted by atomic mass is 16.5. The number of nitrogens with one attached hydrogen (secondary N) is 1. The third-order valence-corrected chi connectivity index (χ3v) is 6.37. The van der Waals surface area contributed by atoms with Crippen molar-refractivity contribution in [3.05, 3.63) is 83.6 Å². The SMILES string of the molecule is O=C(Nc1cccc(C(=O)N2CC(O)C[C@H]2C(=O)O)n1)OCC1c2ccccc2-c2ccccc21. The Kier molecular flexibility index (Phi) is 5.92. The molecule has 1 aliphatic carbocycles. The van der Waals surface area contributed by atoms with Gasteiger partial charge in [0.1, 0.15) is 24.2 Å². The molecule has 2 atom stereocenters. The highest BCUT2D eigenvalue weighted by Crippen LogP contribution is 2.44. The highest BCUT2D eigenvalue weighted by Gasteiger charge is 2.39. The zero-order chi connectivity index (χ0) is 24.5. The fraction of sp³-hybridized carbons (Fsp3) is 0.231. The van der Waals surface area contributed by atoms with Crippen LogP contribution in [0, 0.1) is 0 Å². The number of aliphatic hydroxyl groups excluding tert-OH is 1. The minimum absolute atomic E-state index is 0.0400. The molecule has 3 aromatic rings. The number of aliphatic hydroxyl groups is 1. The van der Waals surface area contributed by atoms with E-state index in [9.17, 15) is 24.6 Å². The molecule has 0 spiro atoms. The van der Waals surface area contributed by atoms with E-state index in [2.05, 4.69) is 22.4 Å². The van der Waals surface area contributed by atoms with Gasteiger partial charge in [-0.25, -0.2) is 14.6 Å². The van der Waals surface area contributed by atoms with Gasteiger partial charge in [0.15, 0.2) is 0 Å². The number of benzene rings is 2. The first-order chi connectivity index (χ1) is 16.9. The number of nitrogens with zero attached hydrogens (tertiary/aromatic N) is 2. The number of carbonyl (C=O) groups excluding carboxylic acids is 2. The molecule has 3 N–H and O–H groups in total. The summed E-state index contributed by atoms with van der Waals surface area (Å²) in [5.41, 5.74) is 4.39. The largest absolute Gasteiger partial charge is 0.480 e. The van der Waals surface area contributed by atoms with Gasteiger partial charge in [-0.2, -0.15) is 0 Å². The first-order valence-corrected chi connectivity index (χ1v) is 11.2. The van der Waals surface area contributed by atoms with E-state index in [0.717, 1.165) is 27.2 Å². The van der Waals surface area contributed by atoms with Gasteiger partial charge < -0.3 is 19.8 Å². The number of anilines is 1. The molecular formula is C26H23N3O6. The monoisotopic (exact) mass is 473 g/mol. The predicted octanol–water partition coefficient (Wildman–Crippen LogP) is 3.10. The summed E-state index contributed by atoms with van der Waals surface area (Å²) in [5, 5.41) is 21.7. The van der Waals surface area contributed by atoms with Crippen molar-refractivity contribution < 1.29 is 29.3 Å². The Morgan fingerprint density at radius 1 is 0.971 bits per heavy atom. The van der Waals surface area contributed by atoms with Gasteiger partial charge >= 0.3 is 12.1 Å². The molecule has 0 radical (unpaired) electrons. The summed E-state index contributed by atoms with van der Waals surface area (Å²) in [7, 11) is 0. The van der Waals surface area contributed by atoms with Crippen LogP contribution in [0.1, 0.15) is 34.0 Å². The molecule has 9 nitrogen and oxygen atoms in total. The number of fused-ring (bicyclic) bond motifs is 3. The lowest BCUT2D eigenvalue weighted by Crippen LogP contribution is -2.41. The molecule has 1 unspecified atom stereocenters. The van der Waals surface area contributed by atoms with Crippen molar-refractivity contribution in [2.24, 2.45) is 0 Å². The normalized spacial score (nSPS) is 18.6. The summed E-state index contributed by atoms with van der Waals surface area (Å²) in [5.74, 6) is -1.82. The maximum atomic E-state index is 12.8. The van der Waals surface area contributed by atoms with E-state index in [4.69, 9.17) is 4.74 Å². The van der Waals surface area contributed by atoms with Crippen molar-refractivity contribution in [3.63, 3.8) is 0 Å². The molecule has 2 aliphatic rings. The molecular weight excluding hydrogens is 450 g/mol. The first-order valence-electron chi connectivity index (χ1n) is 11.2.